The van der Waals surface area contributed by atoms with E-state index in [0.717, 1.165) is 28.2 Å². The summed E-state index contributed by atoms with van der Waals surface area (Å²) in [7, 11) is 0. The Labute approximate surface area is 419 Å². The van der Waals surface area contributed by atoms with Crippen LogP contribution in [-0.2, 0) is 27.1 Å². The first-order valence-corrected chi connectivity index (χ1v) is 25.6. The summed E-state index contributed by atoms with van der Waals surface area (Å²) >= 11 is 0. The average Bonchev–Trinajstić information content (AvgIpc) is 4.03. The van der Waals surface area contributed by atoms with E-state index in [0.29, 0.717) is 0 Å². The number of nitrogens with zero attached hydrogens (tertiary/aromatic N) is 1. The Morgan fingerprint density at radius 3 is 1.49 bits per heavy atom. The van der Waals surface area contributed by atoms with Crippen LogP contribution in [0.15, 0.2) is 192 Å². The molecule has 348 valence electrons. The third kappa shape index (κ3) is 6.07. The highest BCUT2D eigenvalue weighted by atomic mass is 16.3. The van der Waals surface area contributed by atoms with E-state index in [-0.39, 0.29) is 21.7 Å². The van der Waals surface area contributed by atoms with Gasteiger partial charge in [0.05, 0.1) is 5.41 Å². The van der Waals surface area contributed by atoms with Crippen molar-refractivity contribution in [1.29, 1.82) is 0 Å². The van der Waals surface area contributed by atoms with Gasteiger partial charge in [-0.2, -0.15) is 0 Å². The lowest BCUT2D eigenvalue weighted by molar-refractivity contribution is 0.556. The van der Waals surface area contributed by atoms with Crippen LogP contribution in [0, 0.1) is 0 Å². The Morgan fingerprint density at radius 1 is 0.366 bits per heavy atom. The van der Waals surface area contributed by atoms with Gasteiger partial charge in [-0.15, -0.1) is 0 Å². The molecule has 1 heterocycles. The zero-order valence-electron chi connectivity index (χ0n) is 42.8. The number of hydrogen-bond donors (Lipinski definition) is 0. The minimum Gasteiger partial charge on any atom is -0.455 e. The van der Waals surface area contributed by atoms with E-state index in [2.05, 4.69) is 262 Å². The monoisotopic (exact) mass is 919 g/mol. The van der Waals surface area contributed by atoms with E-state index in [1.165, 1.54) is 99.8 Å². The average molecular weight is 920 g/mol. The lowest BCUT2D eigenvalue weighted by Crippen LogP contribution is -2.28. The van der Waals surface area contributed by atoms with Crippen LogP contribution >= 0.6 is 0 Å². The van der Waals surface area contributed by atoms with Gasteiger partial charge in [-0.3, -0.25) is 0 Å². The van der Waals surface area contributed by atoms with Gasteiger partial charge in [0, 0.05) is 49.8 Å². The molecule has 0 bridgehead atoms. The molecule has 2 heteroatoms. The minimum absolute atomic E-state index is 0.00140. The van der Waals surface area contributed by atoms with Gasteiger partial charge in [0.15, 0.2) is 0 Å². The SMILES string of the molecule is CC(C)(C)c1cc(C(C)(C)C)c2oc3c4c(ccc3c2c1)-c1ccc(N(c2cccc(C3(c5ccccc5)c5ccccc5-c5ccccc53)c2)c2ccc3c(c2)C(C)(C)c2ccccc2-3)cc1C4(C)C. The van der Waals surface area contributed by atoms with Gasteiger partial charge in [0.2, 0.25) is 0 Å². The van der Waals surface area contributed by atoms with Gasteiger partial charge >= 0.3 is 0 Å². The fourth-order valence-corrected chi connectivity index (χ4v) is 13.2. The van der Waals surface area contributed by atoms with Crippen molar-refractivity contribution in [3.63, 3.8) is 0 Å². The fourth-order valence-electron chi connectivity index (χ4n) is 13.2. The van der Waals surface area contributed by atoms with Crippen LogP contribution in [-0.4, -0.2) is 0 Å². The predicted octanol–water partition coefficient (Wildman–Crippen LogP) is 18.6. The van der Waals surface area contributed by atoms with Gasteiger partial charge in [-0.05, 0) is 137 Å². The molecule has 71 heavy (non-hydrogen) atoms. The molecule has 9 aromatic carbocycles. The molecular weight excluding hydrogens is 859 g/mol. The molecule has 0 aliphatic heterocycles. The first-order chi connectivity index (χ1) is 34.0. The van der Waals surface area contributed by atoms with Crippen LogP contribution in [0.25, 0.3) is 55.3 Å². The van der Waals surface area contributed by atoms with E-state index >= 15 is 0 Å². The van der Waals surface area contributed by atoms with E-state index in [1.54, 1.807) is 0 Å². The molecule has 0 unspecified atom stereocenters. The molecule has 10 aromatic rings. The topological polar surface area (TPSA) is 16.4 Å². The van der Waals surface area contributed by atoms with Gasteiger partial charge in [0.25, 0.3) is 0 Å². The molecule has 1 aromatic heterocycles. The smallest absolute Gasteiger partial charge is 0.140 e. The molecule has 3 aliphatic rings. The van der Waals surface area contributed by atoms with Crippen molar-refractivity contribution in [2.75, 3.05) is 4.90 Å². The summed E-state index contributed by atoms with van der Waals surface area (Å²) < 4.78 is 7.24. The lowest BCUT2D eigenvalue weighted by atomic mass is 9.67. The molecule has 0 fully saturated rings. The summed E-state index contributed by atoms with van der Waals surface area (Å²) in [5, 5.41) is 2.40. The zero-order valence-corrected chi connectivity index (χ0v) is 42.8. The van der Waals surface area contributed by atoms with E-state index < -0.39 is 5.41 Å². The Balaban J connectivity index is 1.03. The second kappa shape index (κ2) is 14.8. The van der Waals surface area contributed by atoms with E-state index in [4.69, 9.17) is 4.42 Å². The van der Waals surface area contributed by atoms with E-state index in [1.807, 2.05) is 0 Å². The van der Waals surface area contributed by atoms with Crippen LogP contribution in [0.5, 0.6) is 0 Å². The number of anilines is 3. The van der Waals surface area contributed by atoms with Crippen molar-refractivity contribution in [2.45, 2.75) is 96.3 Å². The molecular formula is C69H61NO. The third-order valence-corrected chi connectivity index (χ3v) is 16.8. The van der Waals surface area contributed by atoms with Crippen molar-refractivity contribution < 1.29 is 4.42 Å². The number of benzene rings is 9. The number of fused-ring (bicyclic) bond motifs is 13. The van der Waals surface area contributed by atoms with Crippen LogP contribution in [0.3, 0.4) is 0 Å². The first-order valence-electron chi connectivity index (χ1n) is 25.6. The minimum atomic E-state index is -0.530. The normalized spacial score (nSPS) is 15.5. The quantitative estimate of drug-likeness (QED) is 0.171. The second-order valence-corrected chi connectivity index (χ2v) is 23.7. The highest BCUT2D eigenvalue weighted by molar-refractivity contribution is 6.10. The maximum absolute atomic E-state index is 7.24. The molecule has 0 radical (unpaired) electrons. The van der Waals surface area contributed by atoms with Crippen LogP contribution < -0.4 is 4.90 Å². The summed E-state index contributed by atoms with van der Waals surface area (Å²) in [4.78, 5) is 2.52. The van der Waals surface area contributed by atoms with Crippen molar-refractivity contribution in [2.24, 2.45) is 0 Å². The van der Waals surface area contributed by atoms with Crippen molar-refractivity contribution in [3.8, 4) is 33.4 Å². The standard InChI is InChI=1S/C69H61NO/c1-65(2,3)44-38-55-54-36-35-53-52-34-32-47(41-60(52)68(9,10)62(53)64(54)71-63(55)61(39-44)66(4,5)6)70(46-31-33-51-48-25-14-17-28-56(48)67(7,8)59(51)40-46)45-24-20-23-43(37-45)69(42-21-12-11-13-22-42)57-29-18-15-26-49(57)50-27-16-19-30-58(50)69/h11-41H,1-10H3. The summed E-state index contributed by atoms with van der Waals surface area (Å²) in [6.07, 6.45) is 0. The summed E-state index contributed by atoms with van der Waals surface area (Å²) in [5.74, 6) is 0. The molecule has 3 aliphatic carbocycles. The van der Waals surface area contributed by atoms with Gasteiger partial charge in [-0.1, -0.05) is 209 Å². The summed E-state index contributed by atoms with van der Waals surface area (Å²) in [6.45, 7) is 23.4. The lowest BCUT2D eigenvalue weighted by Gasteiger charge is -2.35. The first kappa shape index (κ1) is 43.6. The molecule has 2 nitrogen and oxygen atoms in total. The molecule has 0 spiro atoms. The summed E-state index contributed by atoms with van der Waals surface area (Å²) in [6, 6.07) is 71.5. The Kier molecular flexibility index (Phi) is 9.09. The molecule has 0 saturated carbocycles. The number of hydrogen-bond acceptors (Lipinski definition) is 2. The number of furan rings is 1. The Hall–Kier alpha value is -7.42. The van der Waals surface area contributed by atoms with Gasteiger partial charge < -0.3 is 9.32 Å². The van der Waals surface area contributed by atoms with Crippen molar-refractivity contribution in [1.82, 2.24) is 0 Å². The van der Waals surface area contributed by atoms with Crippen molar-refractivity contribution >= 4 is 39.0 Å². The summed E-state index contributed by atoms with van der Waals surface area (Å²) in [5.41, 5.74) is 25.0. The van der Waals surface area contributed by atoms with Crippen LogP contribution in [0.2, 0.25) is 0 Å². The largest absolute Gasteiger partial charge is 0.455 e. The highest BCUT2D eigenvalue weighted by Crippen LogP contribution is 2.59. The van der Waals surface area contributed by atoms with Crippen LogP contribution in [0.4, 0.5) is 17.1 Å². The number of rotatable bonds is 5. The molecule has 0 amide bonds. The third-order valence-electron chi connectivity index (χ3n) is 16.8. The molecule has 0 N–H and O–H groups in total. The highest BCUT2D eigenvalue weighted by Gasteiger charge is 2.47. The second-order valence-electron chi connectivity index (χ2n) is 23.7. The predicted molar refractivity (Wildman–Crippen MR) is 298 cm³/mol. The van der Waals surface area contributed by atoms with Gasteiger partial charge in [0.1, 0.15) is 11.2 Å². The fraction of sp³-hybridized carbons (Fsp3) is 0.217. The maximum atomic E-state index is 7.24. The molecule has 0 saturated heterocycles. The molecule has 13 rings (SSSR count). The van der Waals surface area contributed by atoms with E-state index in [9.17, 15) is 0 Å². The van der Waals surface area contributed by atoms with Crippen molar-refractivity contribution in [3.05, 3.63) is 244 Å². The maximum Gasteiger partial charge on any atom is 0.140 e. The molecule has 0 atom stereocenters. The Bertz CT molecular complexity index is 3800. The Morgan fingerprint density at radius 2 is 0.873 bits per heavy atom. The zero-order chi connectivity index (χ0) is 49.0. The van der Waals surface area contributed by atoms with Gasteiger partial charge in [-0.25, -0.2) is 0 Å². The van der Waals surface area contributed by atoms with Crippen LogP contribution in [0.1, 0.15) is 125 Å².